The second-order valence-corrected chi connectivity index (χ2v) is 7.92. The lowest BCUT2D eigenvalue weighted by atomic mass is 9.93. The molecule has 4 aromatic carbocycles. The highest BCUT2D eigenvalue weighted by molar-refractivity contribution is 6.05. The third-order valence-electron chi connectivity index (χ3n) is 5.89. The van der Waals surface area contributed by atoms with Crippen molar-refractivity contribution < 1.29 is 14.3 Å². The number of carbonyl (C=O) groups is 1. The molecule has 4 heteroatoms. The number of carboxylic acids is 1. The fourth-order valence-corrected chi connectivity index (χ4v) is 4.30. The minimum Gasteiger partial charge on any atom is -0.478 e. The molecule has 0 aliphatic rings. The largest absolute Gasteiger partial charge is 0.478 e. The first-order valence-corrected chi connectivity index (χ1v) is 10.6. The number of halogens is 1. The van der Waals surface area contributed by atoms with Crippen molar-refractivity contribution in [1.29, 1.82) is 0 Å². The van der Waals surface area contributed by atoms with Gasteiger partial charge in [-0.1, -0.05) is 78.9 Å². The second kappa shape index (κ2) is 8.32. The number of nitrogens with zero attached hydrogens (tertiary/aromatic N) is 1. The maximum atomic E-state index is 13.8. The lowest BCUT2D eigenvalue weighted by molar-refractivity contribution is 0.0698. The molecule has 0 unspecified atom stereocenters. The highest BCUT2D eigenvalue weighted by atomic mass is 19.1. The predicted molar refractivity (Wildman–Crippen MR) is 130 cm³/mol. The van der Waals surface area contributed by atoms with Gasteiger partial charge in [0.1, 0.15) is 5.82 Å². The van der Waals surface area contributed by atoms with Gasteiger partial charge in [-0.2, -0.15) is 0 Å². The molecule has 0 bridgehead atoms. The monoisotopic (exact) mass is 433 g/mol. The Morgan fingerprint density at radius 1 is 0.758 bits per heavy atom. The molecular formula is C29H20FNO2. The zero-order valence-electron chi connectivity index (χ0n) is 17.9. The molecule has 1 heterocycles. The summed E-state index contributed by atoms with van der Waals surface area (Å²) in [4.78, 5) is 16.7. The number of rotatable bonds is 4. The van der Waals surface area contributed by atoms with Crippen LogP contribution in [0.4, 0.5) is 4.39 Å². The Hall–Kier alpha value is -4.31. The van der Waals surface area contributed by atoms with E-state index in [1.807, 2.05) is 54.6 Å². The quantitative estimate of drug-likeness (QED) is 0.322. The third kappa shape index (κ3) is 3.76. The summed E-state index contributed by atoms with van der Waals surface area (Å²) < 4.78 is 13.8. The van der Waals surface area contributed by atoms with Gasteiger partial charge in [0.05, 0.1) is 16.8 Å². The van der Waals surface area contributed by atoms with Gasteiger partial charge in [-0.25, -0.2) is 14.2 Å². The molecule has 3 nitrogen and oxygen atoms in total. The van der Waals surface area contributed by atoms with Crippen molar-refractivity contribution in [3.05, 3.63) is 114 Å². The first-order valence-electron chi connectivity index (χ1n) is 10.6. The van der Waals surface area contributed by atoms with Crippen molar-refractivity contribution in [3.8, 4) is 33.5 Å². The van der Waals surface area contributed by atoms with Crippen LogP contribution in [0.2, 0.25) is 0 Å². The first kappa shape index (κ1) is 20.6. The number of hydrogen-bond acceptors (Lipinski definition) is 2. The normalized spacial score (nSPS) is 11.0. The lowest BCUT2D eigenvalue weighted by Gasteiger charge is -2.14. The van der Waals surface area contributed by atoms with Crippen LogP contribution in [0.15, 0.2) is 97.1 Å². The van der Waals surface area contributed by atoms with Crippen molar-refractivity contribution in [2.45, 2.75) is 6.92 Å². The Bertz CT molecular complexity index is 1490. The Morgan fingerprint density at radius 3 is 1.97 bits per heavy atom. The smallest absolute Gasteiger partial charge is 0.336 e. The number of benzene rings is 4. The molecule has 33 heavy (non-hydrogen) atoms. The molecule has 160 valence electrons. The molecule has 1 aromatic heterocycles. The molecule has 1 N–H and O–H groups in total. The molecule has 0 fully saturated rings. The molecule has 0 atom stereocenters. The fourth-order valence-electron chi connectivity index (χ4n) is 4.30. The van der Waals surface area contributed by atoms with E-state index in [-0.39, 0.29) is 5.56 Å². The SMILES string of the molecule is Cc1c(-c2ccc(-c3ccccc3-c3ccccc3)cc2)nc2ccc(F)cc2c1C(=O)O. The molecule has 5 rings (SSSR count). The van der Waals surface area contributed by atoms with Crippen molar-refractivity contribution in [3.63, 3.8) is 0 Å². The van der Waals surface area contributed by atoms with Gasteiger partial charge < -0.3 is 5.11 Å². The molecule has 0 amide bonds. The van der Waals surface area contributed by atoms with Gasteiger partial charge in [0.25, 0.3) is 0 Å². The van der Waals surface area contributed by atoms with E-state index in [2.05, 4.69) is 29.2 Å². The maximum absolute atomic E-state index is 13.8. The predicted octanol–water partition coefficient (Wildman–Crippen LogP) is 7.38. The summed E-state index contributed by atoms with van der Waals surface area (Å²) in [5, 5.41) is 10.1. The van der Waals surface area contributed by atoms with Crippen LogP contribution in [0.3, 0.4) is 0 Å². The van der Waals surface area contributed by atoms with Crippen molar-refractivity contribution in [1.82, 2.24) is 4.98 Å². The standard InChI is InChI=1S/C29H20FNO2/c1-18-27(29(32)33)25-17-22(30)15-16-26(25)31-28(18)21-13-11-20(12-14-21)24-10-6-5-9-23(24)19-7-3-2-4-8-19/h2-17H,1H3,(H,32,33). The van der Waals surface area contributed by atoms with Gasteiger partial charge in [-0.3, -0.25) is 0 Å². The van der Waals surface area contributed by atoms with Crippen LogP contribution in [0.5, 0.6) is 0 Å². The summed E-state index contributed by atoms with van der Waals surface area (Å²) in [6.45, 7) is 1.72. The minimum atomic E-state index is -1.10. The molecule has 0 radical (unpaired) electrons. The molecule has 0 saturated heterocycles. The van der Waals surface area contributed by atoms with E-state index in [0.29, 0.717) is 22.2 Å². The van der Waals surface area contributed by atoms with Crippen LogP contribution >= 0.6 is 0 Å². The van der Waals surface area contributed by atoms with E-state index in [1.165, 1.54) is 18.2 Å². The van der Waals surface area contributed by atoms with Crippen molar-refractivity contribution in [2.75, 3.05) is 0 Å². The number of aromatic carboxylic acids is 1. The lowest BCUT2D eigenvalue weighted by Crippen LogP contribution is -2.05. The zero-order chi connectivity index (χ0) is 22.9. The summed E-state index contributed by atoms with van der Waals surface area (Å²) in [5.41, 5.74) is 6.87. The van der Waals surface area contributed by atoms with Gasteiger partial charge in [-0.05, 0) is 52.9 Å². The zero-order valence-corrected chi connectivity index (χ0v) is 17.9. The fraction of sp³-hybridized carbons (Fsp3) is 0.0345. The van der Waals surface area contributed by atoms with Crippen molar-refractivity contribution >= 4 is 16.9 Å². The van der Waals surface area contributed by atoms with Crippen LogP contribution in [0.25, 0.3) is 44.4 Å². The molecule has 5 aromatic rings. The molecule has 0 spiro atoms. The van der Waals surface area contributed by atoms with E-state index >= 15 is 0 Å². The van der Waals surface area contributed by atoms with E-state index in [9.17, 15) is 14.3 Å². The maximum Gasteiger partial charge on any atom is 0.336 e. The highest BCUT2D eigenvalue weighted by Crippen LogP contribution is 2.35. The average Bonchev–Trinajstić information content (AvgIpc) is 2.84. The van der Waals surface area contributed by atoms with Crippen molar-refractivity contribution in [2.24, 2.45) is 0 Å². The third-order valence-corrected chi connectivity index (χ3v) is 5.89. The number of pyridine rings is 1. The van der Waals surface area contributed by atoms with Crippen LogP contribution in [0, 0.1) is 12.7 Å². The van der Waals surface area contributed by atoms with Crippen LogP contribution in [-0.4, -0.2) is 16.1 Å². The van der Waals surface area contributed by atoms with Gasteiger partial charge in [0, 0.05) is 10.9 Å². The van der Waals surface area contributed by atoms with E-state index in [4.69, 9.17) is 0 Å². The molecule has 0 aliphatic carbocycles. The number of hydrogen-bond donors (Lipinski definition) is 1. The Morgan fingerprint density at radius 2 is 1.33 bits per heavy atom. The number of aromatic nitrogens is 1. The number of carboxylic acid groups (broad SMARTS) is 1. The molecule has 0 saturated carbocycles. The molecule has 0 aliphatic heterocycles. The minimum absolute atomic E-state index is 0.0769. The van der Waals surface area contributed by atoms with Crippen LogP contribution in [-0.2, 0) is 0 Å². The van der Waals surface area contributed by atoms with Gasteiger partial charge in [0.15, 0.2) is 0 Å². The average molecular weight is 433 g/mol. The van der Waals surface area contributed by atoms with Gasteiger partial charge >= 0.3 is 5.97 Å². The Labute approximate surface area is 190 Å². The second-order valence-electron chi connectivity index (χ2n) is 7.92. The summed E-state index contributed by atoms with van der Waals surface area (Å²) in [5.74, 6) is -1.58. The van der Waals surface area contributed by atoms with Gasteiger partial charge in [0.2, 0.25) is 0 Å². The highest BCUT2D eigenvalue weighted by Gasteiger charge is 2.19. The Kier molecular flexibility index (Phi) is 5.19. The molecular weight excluding hydrogens is 413 g/mol. The van der Waals surface area contributed by atoms with E-state index < -0.39 is 11.8 Å². The van der Waals surface area contributed by atoms with Gasteiger partial charge in [-0.15, -0.1) is 0 Å². The van der Waals surface area contributed by atoms with E-state index in [0.717, 1.165) is 27.8 Å². The summed E-state index contributed by atoms with van der Waals surface area (Å²) in [6, 6.07) is 30.5. The Balaban J connectivity index is 1.62. The summed E-state index contributed by atoms with van der Waals surface area (Å²) >= 11 is 0. The first-order chi connectivity index (χ1) is 16.0. The number of fused-ring (bicyclic) bond motifs is 1. The van der Waals surface area contributed by atoms with Crippen LogP contribution in [0.1, 0.15) is 15.9 Å². The van der Waals surface area contributed by atoms with Crippen LogP contribution < -0.4 is 0 Å². The topological polar surface area (TPSA) is 50.2 Å². The summed E-state index contributed by atoms with van der Waals surface area (Å²) in [7, 11) is 0. The van der Waals surface area contributed by atoms with E-state index in [1.54, 1.807) is 6.92 Å². The summed E-state index contributed by atoms with van der Waals surface area (Å²) in [6.07, 6.45) is 0.